The molecule has 4 heteroatoms. The van der Waals surface area contributed by atoms with Crippen LogP contribution < -0.4 is 5.32 Å². The molecule has 0 aliphatic heterocycles. The van der Waals surface area contributed by atoms with Crippen LogP contribution in [0.25, 0.3) is 0 Å². The predicted octanol–water partition coefficient (Wildman–Crippen LogP) is 1.66. The molecule has 2 N–H and O–H groups in total. The van der Waals surface area contributed by atoms with Crippen LogP contribution in [-0.2, 0) is 4.79 Å². The fourth-order valence-corrected chi connectivity index (χ4v) is 2.09. The third-order valence-electron chi connectivity index (χ3n) is 3.17. The summed E-state index contributed by atoms with van der Waals surface area (Å²) in [5.74, 6) is 1.17. The second kappa shape index (κ2) is 5.36. The molecule has 17 heavy (non-hydrogen) atoms. The van der Waals surface area contributed by atoms with Gasteiger partial charge in [0.05, 0.1) is 12.4 Å². The fourth-order valence-electron chi connectivity index (χ4n) is 2.09. The monoisotopic (exact) mass is 237 g/mol. The smallest absolute Gasteiger partial charge is 0.223 e. The molecule has 2 rings (SSSR count). The molecule has 0 radical (unpaired) electrons. The lowest BCUT2D eigenvalue weighted by Crippen LogP contribution is -2.33. The maximum atomic E-state index is 11.8. The maximum Gasteiger partial charge on any atom is 0.223 e. The Labute approximate surface area is 101 Å². The minimum absolute atomic E-state index is 0.0231. The molecule has 0 bridgehead atoms. The standard InChI is InChI=1S/C13H19NO3/c1-2-4-9(15)8-14-13(16)11-7-10(11)12-5-3-6-17-12/h3,5-6,9-11,15H,2,4,7-8H2,1H3,(H,14,16). The van der Waals surface area contributed by atoms with Crippen molar-refractivity contribution in [3.63, 3.8) is 0 Å². The van der Waals surface area contributed by atoms with Crippen molar-refractivity contribution in [3.8, 4) is 0 Å². The largest absolute Gasteiger partial charge is 0.469 e. The van der Waals surface area contributed by atoms with Crippen molar-refractivity contribution in [2.24, 2.45) is 5.92 Å². The number of carbonyl (C=O) groups is 1. The molecule has 3 unspecified atom stereocenters. The summed E-state index contributed by atoms with van der Waals surface area (Å²) in [4.78, 5) is 11.8. The molecule has 1 aromatic heterocycles. The van der Waals surface area contributed by atoms with Gasteiger partial charge in [0.25, 0.3) is 0 Å². The quantitative estimate of drug-likeness (QED) is 0.791. The summed E-state index contributed by atoms with van der Waals surface area (Å²) in [5, 5.41) is 12.3. The van der Waals surface area contributed by atoms with Crippen molar-refractivity contribution in [3.05, 3.63) is 24.2 Å². The number of hydrogen-bond donors (Lipinski definition) is 2. The first-order valence-electron chi connectivity index (χ1n) is 6.21. The normalized spacial score (nSPS) is 24.4. The van der Waals surface area contributed by atoms with Crippen LogP contribution in [0.5, 0.6) is 0 Å². The van der Waals surface area contributed by atoms with Gasteiger partial charge in [0.1, 0.15) is 5.76 Å². The van der Waals surface area contributed by atoms with Crippen molar-refractivity contribution < 1.29 is 14.3 Å². The molecule has 3 atom stereocenters. The van der Waals surface area contributed by atoms with Crippen molar-refractivity contribution in [2.45, 2.75) is 38.2 Å². The van der Waals surface area contributed by atoms with Gasteiger partial charge in [0.15, 0.2) is 0 Å². The van der Waals surface area contributed by atoms with E-state index in [0.29, 0.717) is 6.54 Å². The van der Waals surface area contributed by atoms with E-state index in [0.717, 1.165) is 25.0 Å². The topological polar surface area (TPSA) is 62.5 Å². The average molecular weight is 237 g/mol. The number of aliphatic hydroxyl groups excluding tert-OH is 1. The number of hydrogen-bond acceptors (Lipinski definition) is 3. The summed E-state index contributed by atoms with van der Waals surface area (Å²) >= 11 is 0. The molecule has 1 aliphatic carbocycles. The van der Waals surface area contributed by atoms with Gasteiger partial charge < -0.3 is 14.8 Å². The van der Waals surface area contributed by atoms with Crippen molar-refractivity contribution in [1.82, 2.24) is 5.32 Å². The molecule has 1 saturated carbocycles. The lowest BCUT2D eigenvalue weighted by Gasteiger charge is -2.10. The molecular formula is C13H19NO3. The molecule has 4 nitrogen and oxygen atoms in total. The van der Waals surface area contributed by atoms with Gasteiger partial charge in [-0.3, -0.25) is 4.79 Å². The summed E-state index contributed by atoms with van der Waals surface area (Å²) < 4.78 is 5.27. The molecular weight excluding hydrogens is 218 g/mol. The summed E-state index contributed by atoms with van der Waals surface area (Å²) in [7, 11) is 0. The third-order valence-corrected chi connectivity index (χ3v) is 3.17. The number of amides is 1. The summed E-state index contributed by atoms with van der Waals surface area (Å²) in [6.07, 6.45) is 3.71. The fraction of sp³-hybridized carbons (Fsp3) is 0.615. The zero-order valence-electron chi connectivity index (χ0n) is 10.1. The van der Waals surface area contributed by atoms with E-state index in [1.54, 1.807) is 6.26 Å². The number of rotatable bonds is 6. The Bertz CT molecular complexity index is 361. The van der Waals surface area contributed by atoms with E-state index in [1.807, 2.05) is 19.1 Å². The Morgan fingerprint density at radius 1 is 1.71 bits per heavy atom. The van der Waals surface area contributed by atoms with Gasteiger partial charge >= 0.3 is 0 Å². The van der Waals surface area contributed by atoms with Crippen molar-refractivity contribution in [1.29, 1.82) is 0 Å². The first-order valence-corrected chi connectivity index (χ1v) is 6.21. The van der Waals surface area contributed by atoms with E-state index < -0.39 is 6.10 Å². The van der Waals surface area contributed by atoms with E-state index in [2.05, 4.69) is 5.32 Å². The minimum Gasteiger partial charge on any atom is -0.469 e. The van der Waals surface area contributed by atoms with Crippen LogP contribution in [0.4, 0.5) is 0 Å². The van der Waals surface area contributed by atoms with Crippen LogP contribution in [0, 0.1) is 5.92 Å². The lowest BCUT2D eigenvalue weighted by atomic mass is 10.2. The van der Waals surface area contributed by atoms with E-state index in [-0.39, 0.29) is 17.7 Å². The van der Waals surface area contributed by atoms with E-state index in [1.165, 1.54) is 0 Å². The minimum atomic E-state index is -0.426. The molecule has 1 aliphatic rings. The SMILES string of the molecule is CCCC(O)CNC(=O)C1CC1c1ccco1. The van der Waals surface area contributed by atoms with Crippen molar-refractivity contribution >= 4 is 5.91 Å². The van der Waals surface area contributed by atoms with Crippen LogP contribution in [0.15, 0.2) is 22.8 Å². The molecule has 0 spiro atoms. The number of aliphatic hydroxyl groups is 1. The number of furan rings is 1. The average Bonchev–Trinajstić information content (AvgIpc) is 2.93. The van der Waals surface area contributed by atoms with Gasteiger partial charge in [-0.15, -0.1) is 0 Å². The van der Waals surface area contributed by atoms with Gasteiger partial charge in [0, 0.05) is 18.4 Å². The van der Waals surface area contributed by atoms with Gasteiger partial charge in [0.2, 0.25) is 5.91 Å². The van der Waals surface area contributed by atoms with Gasteiger partial charge in [-0.05, 0) is 25.0 Å². The predicted molar refractivity (Wildman–Crippen MR) is 63.5 cm³/mol. The Hall–Kier alpha value is -1.29. The molecule has 1 aromatic rings. The molecule has 1 fully saturated rings. The highest BCUT2D eigenvalue weighted by Crippen LogP contribution is 2.47. The van der Waals surface area contributed by atoms with Crippen LogP contribution >= 0.6 is 0 Å². The molecule has 0 aromatic carbocycles. The zero-order chi connectivity index (χ0) is 12.3. The molecule has 1 amide bonds. The molecule has 94 valence electrons. The second-order valence-corrected chi connectivity index (χ2v) is 4.65. The summed E-state index contributed by atoms with van der Waals surface area (Å²) in [6.45, 7) is 2.37. The second-order valence-electron chi connectivity index (χ2n) is 4.65. The van der Waals surface area contributed by atoms with Crippen LogP contribution in [0.2, 0.25) is 0 Å². The Kier molecular flexibility index (Phi) is 3.84. The first kappa shape index (κ1) is 12.2. The molecule has 1 heterocycles. The van der Waals surface area contributed by atoms with Crippen LogP contribution in [-0.4, -0.2) is 23.7 Å². The van der Waals surface area contributed by atoms with Gasteiger partial charge in [-0.25, -0.2) is 0 Å². The first-order chi connectivity index (χ1) is 8.22. The summed E-state index contributed by atoms with van der Waals surface area (Å²) in [6, 6.07) is 3.75. The Morgan fingerprint density at radius 2 is 2.53 bits per heavy atom. The Morgan fingerprint density at radius 3 is 3.18 bits per heavy atom. The third kappa shape index (κ3) is 3.09. The number of nitrogens with one attached hydrogen (secondary N) is 1. The van der Waals surface area contributed by atoms with E-state index >= 15 is 0 Å². The highest BCUT2D eigenvalue weighted by Gasteiger charge is 2.45. The van der Waals surface area contributed by atoms with E-state index in [9.17, 15) is 9.90 Å². The highest BCUT2D eigenvalue weighted by molar-refractivity contribution is 5.82. The van der Waals surface area contributed by atoms with Gasteiger partial charge in [-0.2, -0.15) is 0 Å². The molecule has 0 saturated heterocycles. The summed E-state index contributed by atoms with van der Waals surface area (Å²) in [5.41, 5.74) is 0. The zero-order valence-corrected chi connectivity index (χ0v) is 10.1. The van der Waals surface area contributed by atoms with Gasteiger partial charge in [-0.1, -0.05) is 13.3 Å². The number of carbonyl (C=O) groups excluding carboxylic acids is 1. The van der Waals surface area contributed by atoms with Crippen molar-refractivity contribution in [2.75, 3.05) is 6.54 Å². The highest BCUT2D eigenvalue weighted by atomic mass is 16.3. The Balaban J connectivity index is 1.72. The van der Waals surface area contributed by atoms with Crippen LogP contribution in [0.3, 0.4) is 0 Å². The van der Waals surface area contributed by atoms with E-state index in [4.69, 9.17) is 4.42 Å². The van der Waals surface area contributed by atoms with Crippen LogP contribution in [0.1, 0.15) is 37.9 Å². The maximum absolute atomic E-state index is 11.8. The lowest BCUT2D eigenvalue weighted by molar-refractivity contribution is -0.122.